The fourth-order valence-corrected chi connectivity index (χ4v) is 12.5. The molecule has 0 bridgehead atoms. The van der Waals surface area contributed by atoms with Crippen molar-refractivity contribution in [3.63, 3.8) is 0 Å². The third-order valence-corrected chi connectivity index (χ3v) is 17.7. The van der Waals surface area contributed by atoms with Crippen LogP contribution in [0.2, 0.25) is 0 Å². The van der Waals surface area contributed by atoms with Crippen LogP contribution in [0.3, 0.4) is 0 Å². The summed E-state index contributed by atoms with van der Waals surface area (Å²) in [6.07, 6.45) is 0. The highest BCUT2D eigenvalue weighted by molar-refractivity contribution is 7.88. The summed E-state index contributed by atoms with van der Waals surface area (Å²) < 4.78 is 210. The molecule has 0 spiro atoms. The van der Waals surface area contributed by atoms with Crippen LogP contribution in [-0.4, -0.2) is 107 Å². The van der Waals surface area contributed by atoms with Crippen molar-refractivity contribution in [3.8, 4) is 0 Å². The summed E-state index contributed by atoms with van der Waals surface area (Å²) in [6, 6.07) is 22.1. The lowest BCUT2D eigenvalue weighted by molar-refractivity contribution is 0.101. The van der Waals surface area contributed by atoms with Gasteiger partial charge in [0.05, 0.1) is 31.0 Å². The zero-order valence-corrected chi connectivity index (χ0v) is 48.1. The second-order valence-corrected chi connectivity index (χ2v) is 26.7. The lowest BCUT2D eigenvalue weighted by atomic mass is 10.1. The smallest absolute Gasteiger partial charge is 0.323 e. The number of fused-ring (bicyclic) bond motifs is 2. The lowest BCUT2D eigenvalue weighted by Gasteiger charge is -2.19. The highest BCUT2D eigenvalue weighted by Gasteiger charge is 2.29. The van der Waals surface area contributed by atoms with Crippen molar-refractivity contribution in [2.45, 2.75) is 43.2 Å². The fraction of sp³-hybridized carbons (Fsp3) is 0.0392. The Bertz CT molecular complexity index is 4710. The molecule has 0 aromatic heterocycles. The first-order valence-corrected chi connectivity index (χ1v) is 32.1. The van der Waals surface area contributed by atoms with E-state index in [1.54, 1.807) is 13.8 Å². The molecule has 0 radical (unpaired) electrons. The normalized spacial score (nSPS) is 12.3. The van der Waals surface area contributed by atoms with E-state index >= 15 is 0 Å². The zero-order chi connectivity index (χ0) is 63.4. The maximum absolute atomic E-state index is 13.7. The maximum atomic E-state index is 13.7. The second-order valence-electron chi connectivity index (χ2n) is 18.3. The van der Waals surface area contributed by atoms with Crippen LogP contribution in [0.4, 0.5) is 38.9 Å². The van der Waals surface area contributed by atoms with Crippen LogP contribution in [0.5, 0.6) is 0 Å². The van der Waals surface area contributed by atoms with E-state index in [1.807, 2.05) is 0 Å². The van der Waals surface area contributed by atoms with Crippen molar-refractivity contribution in [1.82, 2.24) is 0 Å². The molecule has 35 heteroatoms. The number of rotatable bonds is 16. The predicted molar refractivity (Wildman–Crippen MR) is 303 cm³/mol. The number of anilines is 6. The van der Waals surface area contributed by atoms with Gasteiger partial charge in [-0.2, -0.15) is 33.7 Å². The van der Waals surface area contributed by atoms with E-state index in [1.165, 1.54) is 84.9 Å². The van der Waals surface area contributed by atoms with Gasteiger partial charge in [0.25, 0.3) is 64.1 Å². The summed E-state index contributed by atoms with van der Waals surface area (Å²) in [5.74, 6) is -3.62. The van der Waals surface area contributed by atoms with Crippen LogP contribution in [0.25, 0.3) is 21.5 Å². The minimum Gasteiger partial charge on any atom is -0.744 e. The van der Waals surface area contributed by atoms with E-state index in [-0.39, 0.29) is 51.1 Å². The van der Waals surface area contributed by atoms with E-state index in [0.717, 1.165) is 12.1 Å². The van der Waals surface area contributed by atoms with Gasteiger partial charge < -0.3 is 41.0 Å². The quantitative estimate of drug-likeness (QED) is 0.0491. The van der Waals surface area contributed by atoms with Crippen LogP contribution in [-0.2, 0) is 60.7 Å². The first-order valence-electron chi connectivity index (χ1n) is 23.6. The molecule has 86 heavy (non-hydrogen) atoms. The Morgan fingerprint density at radius 1 is 0.349 bits per heavy atom. The Morgan fingerprint density at radius 2 is 0.698 bits per heavy atom. The SMILES string of the molecule is Cc1ccc(C(=O)Nc2ccc(S(=O)(=O)[O-])c3cc(S(=O)(=O)O)cc(S(=O)(=O)[O-])c23)cc1NC(=O)c1cccc(NC(=O)Nc2cccc(C(=O)Nc3cc(C(=O)Nc4ccc(S(=O)(=O)O)c5cc(S(=O)(=O)O)cc(S(=O)(=O)O)c45)ccc3C)c2)c1. The van der Waals surface area contributed by atoms with Crippen LogP contribution in [0.15, 0.2) is 163 Å². The number of carbonyl (C=O) groups is 5. The standard InChI is InChI=1S/C51H40N6O23S6/c1-25-9-11-29(49(60)54-37-13-15-41(83(69,70)71)35-21-33(81(63,64)65)23-43(45(35)37)85(75,76)77)19-39(25)56-47(58)27-5-3-7-31(17-27)52-51(62)53-32-8-4-6-28(18-32)48(59)57-40-20-30(12-10-26(40)2)50(61)55-38-14-16-42(84(72,73)74)36-22-34(82(66,67)68)24-44(46(36)38)86(78,79)80/h3-24H,1-2H3,(H,54,60)(H,55,61)(H,56,58)(H,57,59)(H2,52,53,62)(H,63,64,65)(H,66,67,68)(H,69,70,71)(H,72,73,74)(H,75,76,77)(H,78,79,80)/p-2. The van der Waals surface area contributed by atoms with Crippen LogP contribution < -0.4 is 31.9 Å². The van der Waals surface area contributed by atoms with Gasteiger partial charge in [-0.1, -0.05) is 24.3 Å². The summed E-state index contributed by atoms with van der Waals surface area (Å²) >= 11 is 0. The molecule has 0 saturated carbocycles. The summed E-state index contributed by atoms with van der Waals surface area (Å²) in [7, 11) is -32.5. The molecule has 448 valence electrons. The Hall–Kier alpha value is -9.11. The van der Waals surface area contributed by atoms with E-state index in [2.05, 4.69) is 31.9 Å². The minimum atomic E-state index is -5.72. The third kappa shape index (κ3) is 14.0. The molecule has 8 aromatic carbocycles. The summed E-state index contributed by atoms with van der Waals surface area (Å²) in [5, 5.41) is 11.5. The molecule has 0 atom stereocenters. The largest absolute Gasteiger partial charge is 0.744 e. The van der Waals surface area contributed by atoms with Crippen molar-refractivity contribution >= 4 is 146 Å². The van der Waals surface area contributed by atoms with Gasteiger partial charge in [0, 0.05) is 66.5 Å². The van der Waals surface area contributed by atoms with E-state index in [9.17, 15) is 102 Å². The monoisotopic (exact) mass is 1290 g/mol. The third-order valence-electron chi connectivity index (χ3n) is 12.5. The highest BCUT2D eigenvalue weighted by atomic mass is 32.2. The van der Waals surface area contributed by atoms with Gasteiger partial charge >= 0.3 is 6.03 Å². The van der Waals surface area contributed by atoms with Gasteiger partial charge in [0.1, 0.15) is 30.0 Å². The number of urea groups is 1. The average molecular weight is 1300 g/mol. The Morgan fingerprint density at radius 3 is 1.08 bits per heavy atom. The number of hydrogen-bond acceptors (Lipinski definition) is 19. The number of hydrogen-bond donors (Lipinski definition) is 10. The molecule has 6 amide bonds. The van der Waals surface area contributed by atoms with Crippen molar-refractivity contribution in [1.29, 1.82) is 0 Å². The summed E-state index contributed by atoms with van der Waals surface area (Å²) in [5.41, 5.74) is -0.555. The maximum Gasteiger partial charge on any atom is 0.323 e. The van der Waals surface area contributed by atoms with Gasteiger partial charge in [-0.05, 0) is 134 Å². The molecular formula is C51H38N6O23S6-2. The Balaban J connectivity index is 0.946. The molecular weight excluding hydrogens is 1260 g/mol. The Labute approximate surface area is 487 Å². The summed E-state index contributed by atoms with van der Waals surface area (Å²) in [6.45, 7) is 3.10. The minimum absolute atomic E-state index is 0.0266. The lowest BCUT2D eigenvalue weighted by Crippen LogP contribution is -2.21. The van der Waals surface area contributed by atoms with Gasteiger partial charge in [-0.15, -0.1) is 0 Å². The number of carbonyl (C=O) groups excluding carboxylic acids is 5. The number of benzene rings is 8. The van der Waals surface area contributed by atoms with Crippen molar-refractivity contribution in [2.75, 3.05) is 31.9 Å². The average Bonchev–Trinajstić information content (AvgIpc) is 0.808. The number of aryl methyl sites for hydroxylation is 2. The molecule has 0 fully saturated rings. The van der Waals surface area contributed by atoms with Crippen LogP contribution >= 0.6 is 0 Å². The van der Waals surface area contributed by atoms with E-state index in [0.29, 0.717) is 41.5 Å². The van der Waals surface area contributed by atoms with Crippen molar-refractivity contribution in [3.05, 3.63) is 167 Å². The molecule has 0 saturated heterocycles. The molecule has 0 heterocycles. The van der Waals surface area contributed by atoms with Gasteiger partial charge in [-0.3, -0.25) is 37.4 Å². The molecule has 29 nitrogen and oxygen atoms in total. The predicted octanol–water partition coefficient (Wildman–Crippen LogP) is 6.06. The van der Waals surface area contributed by atoms with Gasteiger partial charge in [0.15, 0.2) is 0 Å². The van der Waals surface area contributed by atoms with Gasteiger partial charge in [0.2, 0.25) is 0 Å². The molecule has 0 aliphatic carbocycles. The van der Waals surface area contributed by atoms with Gasteiger partial charge in [-0.25, -0.2) is 21.6 Å². The van der Waals surface area contributed by atoms with Crippen molar-refractivity contribution < 1.29 is 102 Å². The molecule has 8 rings (SSSR count). The molecule has 0 aliphatic rings. The first kappa shape index (κ1) is 62.9. The number of amides is 6. The first-order chi connectivity index (χ1) is 39.8. The summed E-state index contributed by atoms with van der Waals surface area (Å²) in [4.78, 5) is 60.4. The molecule has 0 aliphatic heterocycles. The Kier molecular flexibility index (Phi) is 16.9. The van der Waals surface area contributed by atoms with Crippen LogP contribution in [0.1, 0.15) is 52.6 Å². The second kappa shape index (κ2) is 23.0. The fourth-order valence-electron chi connectivity index (χ4n) is 8.48. The van der Waals surface area contributed by atoms with Crippen LogP contribution in [0, 0.1) is 13.8 Å². The van der Waals surface area contributed by atoms with E-state index < -0.39 is 153 Å². The highest BCUT2D eigenvalue weighted by Crippen LogP contribution is 2.39. The zero-order valence-electron chi connectivity index (χ0n) is 43.2. The van der Waals surface area contributed by atoms with E-state index in [4.69, 9.17) is 0 Å². The molecule has 0 unspecified atom stereocenters. The molecule has 8 aromatic rings. The molecule has 10 N–H and O–H groups in total. The number of nitrogens with one attached hydrogen (secondary N) is 6. The topological polar surface area (TPSA) is 489 Å². The van der Waals surface area contributed by atoms with Crippen molar-refractivity contribution in [2.24, 2.45) is 0 Å².